The first-order valence-electron chi connectivity index (χ1n) is 6.95. The molecule has 1 aliphatic heterocycles. The normalized spacial score (nSPS) is 17.4. The lowest BCUT2D eigenvalue weighted by molar-refractivity contribution is -0.384. The SMILES string of the molecule is NC1=CC(N)=N[C@@H](c2ccccc2)N1c1cccc([N+](=O)[O-])c1. The van der Waals surface area contributed by atoms with Gasteiger partial charge in [-0.25, -0.2) is 4.99 Å². The highest BCUT2D eigenvalue weighted by Crippen LogP contribution is 2.34. The molecule has 2 aromatic rings. The fraction of sp³-hybridized carbons (Fsp3) is 0.0625. The minimum atomic E-state index is -0.469. The van der Waals surface area contributed by atoms with E-state index in [2.05, 4.69) is 4.99 Å². The molecule has 1 heterocycles. The second-order valence-electron chi connectivity index (χ2n) is 5.05. The van der Waals surface area contributed by atoms with E-state index in [1.54, 1.807) is 17.0 Å². The largest absolute Gasteiger partial charge is 0.385 e. The lowest BCUT2D eigenvalue weighted by atomic mass is 10.1. The minimum Gasteiger partial charge on any atom is -0.385 e. The Labute approximate surface area is 132 Å². The second kappa shape index (κ2) is 5.80. The van der Waals surface area contributed by atoms with Gasteiger partial charge in [-0.2, -0.15) is 0 Å². The summed E-state index contributed by atoms with van der Waals surface area (Å²) in [5.41, 5.74) is 13.4. The van der Waals surface area contributed by atoms with Gasteiger partial charge in [0.25, 0.3) is 5.69 Å². The van der Waals surface area contributed by atoms with Gasteiger partial charge in [-0.05, 0) is 11.6 Å². The Morgan fingerprint density at radius 1 is 1.09 bits per heavy atom. The van der Waals surface area contributed by atoms with Crippen molar-refractivity contribution in [3.05, 3.63) is 82.2 Å². The number of nitro groups is 1. The number of rotatable bonds is 3. The fourth-order valence-electron chi connectivity index (χ4n) is 2.49. The number of nitro benzene ring substituents is 1. The monoisotopic (exact) mass is 309 g/mol. The summed E-state index contributed by atoms with van der Waals surface area (Å²) in [5, 5.41) is 11.0. The maximum atomic E-state index is 11.0. The van der Waals surface area contributed by atoms with Gasteiger partial charge >= 0.3 is 0 Å². The van der Waals surface area contributed by atoms with Gasteiger partial charge in [0.15, 0.2) is 6.17 Å². The third kappa shape index (κ3) is 2.84. The summed E-state index contributed by atoms with van der Waals surface area (Å²) in [6.45, 7) is 0. The Morgan fingerprint density at radius 3 is 2.52 bits per heavy atom. The van der Waals surface area contributed by atoms with E-state index in [9.17, 15) is 10.1 Å². The van der Waals surface area contributed by atoms with Crippen LogP contribution in [0, 0.1) is 10.1 Å². The van der Waals surface area contributed by atoms with Crippen molar-refractivity contribution in [1.29, 1.82) is 0 Å². The summed E-state index contributed by atoms with van der Waals surface area (Å²) in [4.78, 5) is 16.7. The van der Waals surface area contributed by atoms with Gasteiger partial charge in [0.1, 0.15) is 11.7 Å². The predicted octanol–water partition coefficient (Wildman–Crippen LogP) is 2.27. The van der Waals surface area contributed by atoms with Gasteiger partial charge in [0, 0.05) is 18.2 Å². The summed E-state index contributed by atoms with van der Waals surface area (Å²) in [7, 11) is 0. The number of nitrogens with two attached hydrogens (primary N) is 2. The highest BCUT2D eigenvalue weighted by Gasteiger charge is 2.26. The van der Waals surface area contributed by atoms with Crippen molar-refractivity contribution < 1.29 is 4.92 Å². The zero-order valence-corrected chi connectivity index (χ0v) is 12.2. The van der Waals surface area contributed by atoms with E-state index in [4.69, 9.17) is 11.5 Å². The zero-order chi connectivity index (χ0) is 16.4. The van der Waals surface area contributed by atoms with Gasteiger partial charge in [0.2, 0.25) is 0 Å². The van der Waals surface area contributed by atoms with Crippen molar-refractivity contribution in [2.45, 2.75) is 6.17 Å². The first-order chi connectivity index (χ1) is 11.1. The maximum Gasteiger partial charge on any atom is 0.271 e. The first kappa shape index (κ1) is 14.6. The number of anilines is 1. The van der Waals surface area contributed by atoms with Gasteiger partial charge in [-0.3, -0.25) is 10.1 Å². The van der Waals surface area contributed by atoms with Crippen LogP contribution in [0.2, 0.25) is 0 Å². The van der Waals surface area contributed by atoms with Crippen LogP contribution in [0.3, 0.4) is 0 Å². The molecule has 0 amide bonds. The molecule has 0 unspecified atom stereocenters. The molecule has 3 rings (SSSR count). The molecular weight excluding hydrogens is 294 g/mol. The van der Waals surface area contributed by atoms with Crippen LogP contribution in [-0.4, -0.2) is 10.8 Å². The average Bonchev–Trinajstić information content (AvgIpc) is 2.55. The standard InChI is InChI=1S/C16H15N5O2/c17-14-10-15(18)20(12-7-4-8-13(9-12)21(22)23)16(19-14)11-5-2-1-3-6-11/h1-10,16H,18H2,(H2,17,19)/t16-/m1/s1. The molecule has 2 aromatic carbocycles. The van der Waals surface area contributed by atoms with Crippen molar-refractivity contribution in [2.24, 2.45) is 16.5 Å². The Balaban J connectivity index is 2.09. The van der Waals surface area contributed by atoms with E-state index < -0.39 is 11.1 Å². The van der Waals surface area contributed by atoms with Crippen molar-refractivity contribution in [1.82, 2.24) is 0 Å². The molecule has 7 nitrogen and oxygen atoms in total. The number of hydrogen-bond donors (Lipinski definition) is 2. The molecule has 0 spiro atoms. The summed E-state index contributed by atoms with van der Waals surface area (Å²) in [6, 6.07) is 15.8. The van der Waals surface area contributed by atoms with Gasteiger partial charge in [-0.1, -0.05) is 36.4 Å². The van der Waals surface area contributed by atoms with Crippen molar-refractivity contribution in [2.75, 3.05) is 4.90 Å². The summed E-state index contributed by atoms with van der Waals surface area (Å²) in [5.74, 6) is 0.699. The Morgan fingerprint density at radius 2 is 1.83 bits per heavy atom. The Hall–Kier alpha value is -3.35. The van der Waals surface area contributed by atoms with E-state index in [1.165, 1.54) is 18.2 Å². The molecule has 0 aromatic heterocycles. The van der Waals surface area contributed by atoms with E-state index in [0.717, 1.165) is 5.56 Å². The Kier molecular flexibility index (Phi) is 3.68. The Bertz CT molecular complexity index is 801. The van der Waals surface area contributed by atoms with E-state index in [1.807, 2.05) is 30.3 Å². The third-order valence-electron chi connectivity index (χ3n) is 3.51. The highest BCUT2D eigenvalue weighted by atomic mass is 16.6. The molecule has 0 aliphatic carbocycles. The van der Waals surface area contributed by atoms with Crippen LogP contribution in [0.15, 0.2) is 71.5 Å². The molecule has 1 atom stereocenters. The number of amidine groups is 1. The van der Waals surface area contributed by atoms with Crippen LogP contribution in [-0.2, 0) is 0 Å². The lowest BCUT2D eigenvalue weighted by Gasteiger charge is -2.34. The topological polar surface area (TPSA) is 111 Å². The van der Waals surface area contributed by atoms with Crippen LogP contribution in [0.25, 0.3) is 0 Å². The van der Waals surface area contributed by atoms with Gasteiger partial charge in [0.05, 0.1) is 10.6 Å². The fourth-order valence-corrected chi connectivity index (χ4v) is 2.49. The van der Waals surface area contributed by atoms with Gasteiger partial charge < -0.3 is 16.4 Å². The number of benzene rings is 2. The number of non-ortho nitro benzene ring substituents is 1. The zero-order valence-electron chi connectivity index (χ0n) is 12.2. The van der Waals surface area contributed by atoms with Crippen molar-refractivity contribution in [3.8, 4) is 0 Å². The van der Waals surface area contributed by atoms with Gasteiger partial charge in [-0.15, -0.1) is 0 Å². The van der Waals surface area contributed by atoms with Crippen LogP contribution >= 0.6 is 0 Å². The quantitative estimate of drug-likeness (QED) is 0.667. The van der Waals surface area contributed by atoms with Crippen molar-refractivity contribution >= 4 is 17.2 Å². The second-order valence-corrected chi connectivity index (χ2v) is 5.05. The predicted molar refractivity (Wildman–Crippen MR) is 88.7 cm³/mol. The molecule has 23 heavy (non-hydrogen) atoms. The summed E-state index contributed by atoms with van der Waals surface area (Å²) < 4.78 is 0. The maximum absolute atomic E-state index is 11.0. The summed E-state index contributed by atoms with van der Waals surface area (Å²) >= 11 is 0. The highest BCUT2D eigenvalue weighted by molar-refractivity contribution is 5.94. The molecular formula is C16H15N5O2. The van der Waals surface area contributed by atoms with Crippen LogP contribution in [0.5, 0.6) is 0 Å². The minimum absolute atomic E-state index is 0.00960. The molecule has 0 saturated carbocycles. The molecule has 0 saturated heterocycles. The lowest BCUT2D eigenvalue weighted by Crippen LogP contribution is -2.36. The van der Waals surface area contributed by atoms with Crippen LogP contribution < -0.4 is 16.4 Å². The molecule has 0 bridgehead atoms. The molecule has 116 valence electrons. The summed E-state index contributed by atoms with van der Waals surface area (Å²) in [6.07, 6.45) is 1.07. The molecule has 0 fully saturated rings. The van der Waals surface area contributed by atoms with E-state index in [0.29, 0.717) is 17.3 Å². The number of aliphatic imine (C=N–C) groups is 1. The molecule has 7 heteroatoms. The molecule has 4 N–H and O–H groups in total. The van der Waals surface area contributed by atoms with Crippen LogP contribution in [0.1, 0.15) is 11.7 Å². The third-order valence-corrected chi connectivity index (χ3v) is 3.51. The first-order valence-corrected chi connectivity index (χ1v) is 6.95. The number of hydrogen-bond acceptors (Lipinski definition) is 6. The van der Waals surface area contributed by atoms with E-state index >= 15 is 0 Å². The molecule has 1 aliphatic rings. The van der Waals surface area contributed by atoms with E-state index in [-0.39, 0.29) is 5.69 Å². The number of nitrogens with zero attached hydrogens (tertiary/aromatic N) is 3. The van der Waals surface area contributed by atoms with Crippen molar-refractivity contribution in [3.63, 3.8) is 0 Å². The molecule has 0 radical (unpaired) electrons. The average molecular weight is 309 g/mol. The smallest absolute Gasteiger partial charge is 0.271 e. The van der Waals surface area contributed by atoms with Crippen LogP contribution in [0.4, 0.5) is 11.4 Å².